The van der Waals surface area contributed by atoms with Crippen LogP contribution in [0.2, 0.25) is 0 Å². The third-order valence-electron chi connectivity index (χ3n) is 11.8. The molecule has 1 atom stereocenters. The Morgan fingerprint density at radius 3 is 1.86 bits per heavy atom. The Morgan fingerprint density at radius 2 is 1.09 bits per heavy atom. The first-order chi connectivity index (χ1) is 28.3. The minimum atomic E-state index is -0.493. The number of rotatable bonds is 8. The molecule has 0 radical (unpaired) electrons. The second-order valence-corrected chi connectivity index (χ2v) is 15.1. The molecule has 0 bridgehead atoms. The van der Waals surface area contributed by atoms with Crippen molar-refractivity contribution in [1.82, 2.24) is 0 Å². The molecule has 3 aliphatic rings. The number of fused-ring (bicyclic) bond motifs is 3. The quantitative estimate of drug-likeness (QED) is 0.151. The molecular weight excluding hydrogens is 687 g/mol. The van der Waals surface area contributed by atoms with Gasteiger partial charge in [0.1, 0.15) is 0 Å². The molecule has 0 saturated carbocycles. The van der Waals surface area contributed by atoms with Crippen molar-refractivity contribution in [2.45, 2.75) is 24.7 Å². The molecule has 0 saturated heterocycles. The lowest BCUT2D eigenvalue weighted by Gasteiger charge is -2.36. The van der Waals surface area contributed by atoms with Crippen molar-refractivity contribution in [3.05, 3.63) is 252 Å². The van der Waals surface area contributed by atoms with Gasteiger partial charge in [0.05, 0.1) is 11.1 Å². The zero-order chi connectivity index (χ0) is 38.0. The number of hydrogen-bond donors (Lipinski definition) is 0. The molecular formula is C56H43N. The summed E-state index contributed by atoms with van der Waals surface area (Å²) in [5.74, 6) is 0. The zero-order valence-corrected chi connectivity index (χ0v) is 31.9. The monoisotopic (exact) mass is 729 g/mol. The molecule has 1 unspecified atom stereocenters. The first-order valence-electron chi connectivity index (χ1n) is 20.1. The zero-order valence-electron chi connectivity index (χ0n) is 31.9. The molecule has 1 heteroatoms. The summed E-state index contributed by atoms with van der Waals surface area (Å²) in [6.07, 6.45) is 21.4. The van der Waals surface area contributed by atoms with Gasteiger partial charge >= 0.3 is 0 Å². The third-order valence-corrected chi connectivity index (χ3v) is 11.8. The van der Waals surface area contributed by atoms with Gasteiger partial charge in [0.15, 0.2) is 0 Å². The molecule has 3 aliphatic carbocycles. The molecule has 0 spiro atoms. The molecule has 0 amide bonds. The smallest absolute Gasteiger partial charge is 0.0711 e. The highest BCUT2D eigenvalue weighted by molar-refractivity contribution is 5.93. The molecule has 57 heavy (non-hydrogen) atoms. The summed E-state index contributed by atoms with van der Waals surface area (Å²) in [6, 6.07) is 64.9. The van der Waals surface area contributed by atoms with Crippen molar-refractivity contribution < 1.29 is 0 Å². The fourth-order valence-corrected chi connectivity index (χ4v) is 9.16. The van der Waals surface area contributed by atoms with Gasteiger partial charge in [-0.1, -0.05) is 194 Å². The van der Waals surface area contributed by atoms with E-state index < -0.39 is 5.41 Å². The highest BCUT2D eigenvalue weighted by atomic mass is 15.1. The van der Waals surface area contributed by atoms with Gasteiger partial charge in [-0.2, -0.15) is 0 Å². The van der Waals surface area contributed by atoms with E-state index in [2.05, 4.69) is 229 Å². The minimum absolute atomic E-state index is 0.493. The van der Waals surface area contributed by atoms with Crippen LogP contribution >= 0.6 is 0 Å². The molecule has 10 rings (SSSR count). The van der Waals surface area contributed by atoms with Gasteiger partial charge < -0.3 is 4.90 Å². The molecule has 272 valence electrons. The number of benzene rings is 7. The Kier molecular flexibility index (Phi) is 9.05. The van der Waals surface area contributed by atoms with Crippen LogP contribution in [0.15, 0.2) is 230 Å². The minimum Gasteiger partial charge on any atom is -0.310 e. The maximum absolute atomic E-state index is 2.49. The predicted octanol–water partition coefficient (Wildman–Crippen LogP) is 15.0. The van der Waals surface area contributed by atoms with E-state index in [-0.39, 0.29) is 0 Å². The van der Waals surface area contributed by atoms with Gasteiger partial charge in [-0.05, 0) is 111 Å². The number of nitrogens with zero attached hydrogens (tertiary/aromatic N) is 1. The molecule has 1 nitrogen and oxygen atoms in total. The Bertz CT molecular complexity index is 2730. The van der Waals surface area contributed by atoms with Crippen LogP contribution in [-0.4, -0.2) is 0 Å². The van der Waals surface area contributed by atoms with Crippen molar-refractivity contribution in [2.75, 3.05) is 4.90 Å². The van der Waals surface area contributed by atoms with E-state index in [0.29, 0.717) is 0 Å². The van der Waals surface area contributed by atoms with E-state index in [0.717, 1.165) is 36.3 Å². The Hall–Kier alpha value is -6.96. The fraction of sp³-hybridized carbons (Fsp3) is 0.0714. The molecule has 0 aliphatic heterocycles. The van der Waals surface area contributed by atoms with Gasteiger partial charge in [0, 0.05) is 16.9 Å². The largest absolute Gasteiger partial charge is 0.310 e. The summed E-state index contributed by atoms with van der Waals surface area (Å²) in [4.78, 5) is 2.46. The van der Waals surface area contributed by atoms with E-state index in [9.17, 15) is 0 Å². The number of para-hydroxylation sites is 1. The van der Waals surface area contributed by atoms with E-state index in [1.165, 1.54) is 66.8 Å². The number of anilines is 3. The second kappa shape index (κ2) is 14.9. The van der Waals surface area contributed by atoms with Crippen molar-refractivity contribution >= 4 is 22.6 Å². The first kappa shape index (κ1) is 34.5. The van der Waals surface area contributed by atoms with Gasteiger partial charge in [-0.15, -0.1) is 0 Å². The number of hydrogen-bond acceptors (Lipinski definition) is 1. The van der Waals surface area contributed by atoms with Crippen LogP contribution in [0.4, 0.5) is 17.1 Å². The van der Waals surface area contributed by atoms with Gasteiger partial charge in [-0.3, -0.25) is 0 Å². The summed E-state index contributed by atoms with van der Waals surface area (Å²) in [6.45, 7) is 0. The summed E-state index contributed by atoms with van der Waals surface area (Å²) >= 11 is 0. The molecule has 7 aromatic carbocycles. The summed E-state index contributed by atoms with van der Waals surface area (Å²) in [5, 5.41) is 0. The maximum Gasteiger partial charge on any atom is 0.0711 e. The third kappa shape index (κ3) is 6.13. The lowest BCUT2D eigenvalue weighted by atomic mass is 9.66. The van der Waals surface area contributed by atoms with E-state index in [1.54, 1.807) is 0 Å². The SMILES string of the molecule is C1=CCC=CC(c2ccc(C3(C4=CCCC=C4)c4ccccc4-c4ccc(N(c5ccc(-c6ccccc6)cc5)c5ccccc5-c5ccccc5)cc43)cc2)=C1. The van der Waals surface area contributed by atoms with Crippen molar-refractivity contribution in [2.24, 2.45) is 0 Å². The van der Waals surface area contributed by atoms with Gasteiger partial charge in [-0.25, -0.2) is 0 Å². The predicted molar refractivity (Wildman–Crippen MR) is 241 cm³/mol. The molecule has 0 heterocycles. The van der Waals surface area contributed by atoms with E-state index in [4.69, 9.17) is 0 Å². The van der Waals surface area contributed by atoms with Crippen molar-refractivity contribution in [3.63, 3.8) is 0 Å². The van der Waals surface area contributed by atoms with Crippen LogP contribution in [-0.2, 0) is 5.41 Å². The Balaban J connectivity index is 1.20. The van der Waals surface area contributed by atoms with Crippen molar-refractivity contribution in [3.8, 4) is 33.4 Å². The number of allylic oxidation sites excluding steroid dienone is 10. The molecule has 0 N–H and O–H groups in total. The highest BCUT2D eigenvalue weighted by Gasteiger charge is 2.47. The summed E-state index contributed by atoms with van der Waals surface area (Å²) in [7, 11) is 0. The average molecular weight is 730 g/mol. The van der Waals surface area contributed by atoms with Crippen LogP contribution < -0.4 is 4.90 Å². The standard InChI is InChI=1S/C56H43N/c1-2-7-19-41(18-6-1)43-30-34-47(35-31-43)56(46-24-12-5-13-25-46)53-28-16-14-27-51(53)52-39-38-49(40-54(52)56)57(48-36-32-44(33-37-48)42-20-8-3-9-21-42)55-29-17-15-26-50(55)45-22-10-4-11-23-45/h1,3-4,6-12,14-40H,2,5,13H2. The van der Waals surface area contributed by atoms with Crippen LogP contribution in [0, 0.1) is 0 Å². The average Bonchev–Trinajstić information content (AvgIpc) is 3.39. The second-order valence-electron chi connectivity index (χ2n) is 15.1. The maximum atomic E-state index is 2.49. The normalized spacial score (nSPS) is 16.6. The van der Waals surface area contributed by atoms with Crippen LogP contribution in [0.3, 0.4) is 0 Å². The van der Waals surface area contributed by atoms with Gasteiger partial charge in [0.25, 0.3) is 0 Å². The first-order valence-corrected chi connectivity index (χ1v) is 20.1. The van der Waals surface area contributed by atoms with Crippen LogP contribution in [0.25, 0.3) is 39.0 Å². The lowest BCUT2D eigenvalue weighted by Crippen LogP contribution is -2.30. The topological polar surface area (TPSA) is 3.24 Å². The summed E-state index contributed by atoms with van der Waals surface area (Å²) in [5.41, 5.74) is 18.0. The van der Waals surface area contributed by atoms with Gasteiger partial charge in [0.2, 0.25) is 0 Å². The van der Waals surface area contributed by atoms with Crippen LogP contribution in [0.5, 0.6) is 0 Å². The Morgan fingerprint density at radius 1 is 0.439 bits per heavy atom. The lowest BCUT2D eigenvalue weighted by molar-refractivity contribution is 0.751. The van der Waals surface area contributed by atoms with Crippen molar-refractivity contribution in [1.29, 1.82) is 0 Å². The van der Waals surface area contributed by atoms with E-state index in [1.807, 2.05) is 0 Å². The molecule has 7 aromatic rings. The fourth-order valence-electron chi connectivity index (χ4n) is 9.16. The Labute approximate surface area is 336 Å². The highest BCUT2D eigenvalue weighted by Crippen LogP contribution is 2.58. The molecule has 0 fully saturated rings. The van der Waals surface area contributed by atoms with E-state index >= 15 is 0 Å². The molecule has 0 aromatic heterocycles. The van der Waals surface area contributed by atoms with Crippen LogP contribution in [0.1, 0.15) is 41.5 Å². The summed E-state index contributed by atoms with van der Waals surface area (Å²) < 4.78 is 0.